The zero-order valence-electron chi connectivity index (χ0n) is 16.9. The van der Waals surface area contributed by atoms with Crippen LogP contribution in [0.15, 0.2) is 83.8 Å². The molecule has 0 saturated heterocycles. The number of rotatable bonds is 7. The van der Waals surface area contributed by atoms with Crippen LogP contribution in [0.3, 0.4) is 0 Å². The number of aryl methyl sites for hydroxylation is 2. The Morgan fingerprint density at radius 3 is 2.23 bits per heavy atom. The SMILES string of the molecule is O=S(=O)(CCc1ccccc1)Nc1ccc2c(c1)N(S(=O)(=O)c1ccccc1)CCC2. The molecule has 0 unspecified atom stereocenters. The molecule has 3 aromatic rings. The molecule has 1 aliphatic heterocycles. The minimum absolute atomic E-state index is 0.0554. The topological polar surface area (TPSA) is 83.6 Å². The predicted molar refractivity (Wildman–Crippen MR) is 123 cm³/mol. The summed E-state index contributed by atoms with van der Waals surface area (Å²) in [6, 6.07) is 22.8. The molecule has 4 rings (SSSR count). The van der Waals surface area contributed by atoms with Crippen LogP contribution in [0, 0.1) is 0 Å². The molecule has 0 radical (unpaired) electrons. The lowest BCUT2D eigenvalue weighted by atomic mass is 10.0. The highest BCUT2D eigenvalue weighted by Gasteiger charge is 2.29. The van der Waals surface area contributed by atoms with Gasteiger partial charge in [-0.3, -0.25) is 9.03 Å². The van der Waals surface area contributed by atoms with Crippen molar-refractivity contribution in [3.8, 4) is 0 Å². The van der Waals surface area contributed by atoms with E-state index in [1.165, 1.54) is 4.31 Å². The number of hydrogen-bond acceptors (Lipinski definition) is 4. The number of benzene rings is 3. The Balaban J connectivity index is 1.58. The van der Waals surface area contributed by atoms with E-state index in [-0.39, 0.29) is 10.6 Å². The highest BCUT2D eigenvalue weighted by Crippen LogP contribution is 2.34. The molecule has 0 aliphatic carbocycles. The maximum absolute atomic E-state index is 13.2. The van der Waals surface area contributed by atoms with E-state index in [1.54, 1.807) is 48.5 Å². The van der Waals surface area contributed by atoms with Crippen molar-refractivity contribution in [3.63, 3.8) is 0 Å². The minimum atomic E-state index is -3.73. The van der Waals surface area contributed by atoms with Gasteiger partial charge >= 0.3 is 0 Å². The van der Waals surface area contributed by atoms with Gasteiger partial charge in [0.25, 0.3) is 10.0 Å². The Bertz CT molecular complexity index is 1260. The van der Waals surface area contributed by atoms with Gasteiger partial charge < -0.3 is 0 Å². The van der Waals surface area contributed by atoms with E-state index in [0.717, 1.165) is 17.5 Å². The van der Waals surface area contributed by atoms with Crippen LogP contribution in [-0.2, 0) is 32.9 Å². The second-order valence-corrected chi connectivity index (χ2v) is 11.2. The lowest BCUT2D eigenvalue weighted by Gasteiger charge is -2.31. The van der Waals surface area contributed by atoms with Crippen LogP contribution in [-0.4, -0.2) is 29.1 Å². The Kier molecular flexibility index (Phi) is 6.02. The number of fused-ring (bicyclic) bond motifs is 1. The quantitative estimate of drug-likeness (QED) is 0.586. The zero-order valence-corrected chi connectivity index (χ0v) is 18.6. The van der Waals surface area contributed by atoms with Gasteiger partial charge in [-0.05, 0) is 54.7 Å². The largest absolute Gasteiger partial charge is 0.283 e. The third-order valence-electron chi connectivity index (χ3n) is 5.27. The van der Waals surface area contributed by atoms with E-state index >= 15 is 0 Å². The van der Waals surface area contributed by atoms with Crippen LogP contribution in [0.5, 0.6) is 0 Å². The molecule has 31 heavy (non-hydrogen) atoms. The second-order valence-electron chi connectivity index (χ2n) is 7.49. The Morgan fingerprint density at radius 2 is 1.52 bits per heavy atom. The van der Waals surface area contributed by atoms with Gasteiger partial charge in [0.05, 0.1) is 22.0 Å². The van der Waals surface area contributed by atoms with Gasteiger partial charge in [-0.15, -0.1) is 0 Å². The Labute approximate surface area is 183 Å². The van der Waals surface area contributed by atoms with Crippen LogP contribution >= 0.6 is 0 Å². The molecule has 162 valence electrons. The van der Waals surface area contributed by atoms with Crippen molar-refractivity contribution in [1.29, 1.82) is 0 Å². The molecule has 1 heterocycles. The van der Waals surface area contributed by atoms with Gasteiger partial charge in [-0.25, -0.2) is 16.8 Å². The lowest BCUT2D eigenvalue weighted by Crippen LogP contribution is -2.35. The fourth-order valence-electron chi connectivity index (χ4n) is 3.70. The van der Waals surface area contributed by atoms with Crippen molar-refractivity contribution in [1.82, 2.24) is 0 Å². The van der Waals surface area contributed by atoms with Crippen molar-refractivity contribution in [2.24, 2.45) is 0 Å². The molecule has 0 amide bonds. The molecule has 6 nitrogen and oxygen atoms in total. The zero-order chi connectivity index (χ0) is 21.9. The molecule has 0 bridgehead atoms. The first kappa shape index (κ1) is 21.4. The molecule has 0 saturated carbocycles. The van der Waals surface area contributed by atoms with Gasteiger partial charge in [-0.2, -0.15) is 0 Å². The third kappa shape index (κ3) is 4.91. The van der Waals surface area contributed by atoms with Crippen LogP contribution in [0.25, 0.3) is 0 Å². The first-order chi connectivity index (χ1) is 14.9. The van der Waals surface area contributed by atoms with Crippen LogP contribution in [0.2, 0.25) is 0 Å². The van der Waals surface area contributed by atoms with Gasteiger partial charge in [0.1, 0.15) is 0 Å². The molecule has 1 aliphatic rings. The maximum Gasteiger partial charge on any atom is 0.264 e. The molecule has 8 heteroatoms. The van der Waals surface area contributed by atoms with Crippen molar-refractivity contribution < 1.29 is 16.8 Å². The van der Waals surface area contributed by atoms with Gasteiger partial charge in [-0.1, -0.05) is 54.6 Å². The summed E-state index contributed by atoms with van der Waals surface area (Å²) < 4.78 is 55.6. The molecule has 1 N–H and O–H groups in total. The Hall–Kier alpha value is -2.84. The Morgan fingerprint density at radius 1 is 0.839 bits per heavy atom. The summed E-state index contributed by atoms with van der Waals surface area (Å²) in [6.07, 6.45) is 1.86. The highest BCUT2D eigenvalue weighted by molar-refractivity contribution is 7.93. The number of nitrogens with one attached hydrogen (secondary N) is 1. The molecule has 0 aromatic heterocycles. The van der Waals surface area contributed by atoms with Gasteiger partial charge in [0.2, 0.25) is 10.0 Å². The average Bonchev–Trinajstić information content (AvgIpc) is 2.78. The first-order valence-electron chi connectivity index (χ1n) is 10.1. The first-order valence-corrected chi connectivity index (χ1v) is 13.2. The predicted octanol–water partition coefficient (Wildman–Crippen LogP) is 3.81. The van der Waals surface area contributed by atoms with E-state index in [1.807, 2.05) is 30.3 Å². The lowest BCUT2D eigenvalue weighted by molar-refractivity contribution is 0.586. The summed E-state index contributed by atoms with van der Waals surface area (Å²) in [4.78, 5) is 0.219. The monoisotopic (exact) mass is 456 g/mol. The number of nitrogens with zero attached hydrogens (tertiary/aromatic N) is 1. The van der Waals surface area contributed by atoms with Crippen molar-refractivity contribution in [2.45, 2.75) is 24.2 Å². The van der Waals surface area contributed by atoms with Crippen LogP contribution < -0.4 is 9.03 Å². The number of hydrogen-bond donors (Lipinski definition) is 1. The minimum Gasteiger partial charge on any atom is -0.283 e. The van der Waals surface area contributed by atoms with E-state index in [2.05, 4.69) is 4.72 Å². The standard InChI is InChI=1S/C23H24N2O4S2/c26-30(27,17-15-19-8-3-1-4-9-19)24-21-14-13-20-10-7-16-25(23(20)18-21)31(28,29)22-11-5-2-6-12-22/h1-6,8-9,11-14,18,24H,7,10,15-17H2. The number of anilines is 2. The summed E-state index contributed by atoms with van der Waals surface area (Å²) in [7, 11) is -7.31. The van der Waals surface area contributed by atoms with E-state index < -0.39 is 20.0 Å². The fourth-order valence-corrected chi connectivity index (χ4v) is 6.35. The van der Waals surface area contributed by atoms with E-state index in [4.69, 9.17) is 0 Å². The average molecular weight is 457 g/mol. The second kappa shape index (κ2) is 8.72. The van der Waals surface area contributed by atoms with Crippen molar-refractivity contribution >= 4 is 31.4 Å². The third-order valence-corrected chi connectivity index (χ3v) is 8.38. The maximum atomic E-state index is 13.2. The smallest absolute Gasteiger partial charge is 0.264 e. The van der Waals surface area contributed by atoms with Crippen molar-refractivity contribution in [3.05, 3.63) is 90.0 Å². The molecule has 0 fully saturated rings. The molecule has 3 aromatic carbocycles. The molecular weight excluding hydrogens is 432 g/mol. The van der Waals surface area contributed by atoms with Crippen molar-refractivity contribution in [2.75, 3.05) is 21.3 Å². The molecular formula is C23H24N2O4S2. The number of sulfonamides is 2. The van der Waals surface area contributed by atoms with E-state index in [0.29, 0.717) is 30.8 Å². The summed E-state index contributed by atoms with van der Waals surface area (Å²) in [5.74, 6) is -0.0554. The van der Waals surface area contributed by atoms with Gasteiger partial charge in [0.15, 0.2) is 0 Å². The summed E-state index contributed by atoms with van der Waals surface area (Å²) >= 11 is 0. The van der Waals surface area contributed by atoms with Crippen LogP contribution in [0.1, 0.15) is 17.5 Å². The summed E-state index contributed by atoms with van der Waals surface area (Å²) in [5.41, 5.74) is 2.72. The molecule has 0 atom stereocenters. The fraction of sp³-hybridized carbons (Fsp3) is 0.217. The van der Waals surface area contributed by atoms with Crippen LogP contribution in [0.4, 0.5) is 11.4 Å². The summed E-state index contributed by atoms with van der Waals surface area (Å²) in [5, 5.41) is 0. The van der Waals surface area contributed by atoms with Gasteiger partial charge in [0, 0.05) is 6.54 Å². The van der Waals surface area contributed by atoms with E-state index in [9.17, 15) is 16.8 Å². The molecule has 0 spiro atoms. The summed E-state index contributed by atoms with van der Waals surface area (Å²) in [6.45, 7) is 0.356. The highest BCUT2D eigenvalue weighted by atomic mass is 32.2. The normalized spacial score (nSPS) is 14.1.